The molecule has 0 heterocycles. The molecule has 18 heavy (non-hydrogen) atoms. The van der Waals surface area contributed by atoms with Crippen LogP contribution in [0.3, 0.4) is 0 Å². The van der Waals surface area contributed by atoms with E-state index < -0.39 is 61.4 Å². The van der Waals surface area contributed by atoms with E-state index in [1.54, 1.807) is 5.32 Å². The summed E-state index contributed by atoms with van der Waals surface area (Å²) in [6.07, 6.45) is -19.6. The average Bonchev–Trinajstić information content (AvgIpc) is 2.62. The summed E-state index contributed by atoms with van der Waals surface area (Å²) < 4.78 is 112. The number of hydrogen-bond acceptors (Lipinski definition) is 3. The van der Waals surface area contributed by atoms with Crippen molar-refractivity contribution in [2.45, 2.75) is 44.1 Å². The molecule has 0 aromatic heterocycles. The highest BCUT2D eigenvalue weighted by Gasteiger charge is 2.19. The van der Waals surface area contributed by atoms with E-state index in [4.69, 9.17) is 24.9 Å². The van der Waals surface area contributed by atoms with Crippen molar-refractivity contribution < 1.29 is 24.3 Å². The van der Waals surface area contributed by atoms with Gasteiger partial charge in [0.2, 0.25) is 0 Å². The van der Waals surface area contributed by atoms with Crippen molar-refractivity contribution in [1.29, 1.82) is 0 Å². The molecule has 5 heteroatoms. The topological polar surface area (TPSA) is 58.3 Å². The molecule has 1 aliphatic carbocycles. The highest BCUT2D eigenvalue weighted by atomic mass is 79.9. The smallest absolute Gasteiger partial charge is 0.0647 e. The number of aliphatic hydroxyl groups is 1. The van der Waals surface area contributed by atoms with Crippen LogP contribution in [0.1, 0.15) is 50.2 Å². The van der Waals surface area contributed by atoms with E-state index in [9.17, 15) is 5.11 Å². The number of nitrogen functional groups attached to an aromatic ring is 1. The molecule has 1 saturated carbocycles. The molecule has 0 aliphatic heterocycles. The fourth-order valence-electron chi connectivity index (χ4n) is 1.07. The minimum absolute atomic E-state index is 0.180. The summed E-state index contributed by atoms with van der Waals surface area (Å²) in [6.45, 7) is -3.26. The zero-order chi connectivity index (χ0) is 25.7. The second-order valence-electron chi connectivity index (χ2n) is 3.14. The third-order valence-corrected chi connectivity index (χ3v) is 2.91. The Morgan fingerprint density at radius 2 is 2.17 bits per heavy atom. The first-order valence-corrected chi connectivity index (χ1v) is 6.23. The molecule has 0 atom stereocenters. The van der Waals surface area contributed by atoms with E-state index in [1.165, 1.54) is 0 Å². The summed E-state index contributed by atoms with van der Waals surface area (Å²) in [5.41, 5.74) is 4.53. The summed E-state index contributed by atoms with van der Waals surface area (Å²) in [4.78, 5) is 0. The predicted octanol–water partition coefficient (Wildman–Crippen LogP) is 3.19. The van der Waals surface area contributed by atoms with Crippen molar-refractivity contribution in [3.63, 3.8) is 0 Å². The second-order valence-corrected chi connectivity index (χ2v) is 4.73. The van der Waals surface area contributed by atoms with Crippen LogP contribution < -0.4 is 11.1 Å². The Morgan fingerprint density at radius 3 is 2.83 bits per heavy atom. The van der Waals surface area contributed by atoms with Gasteiger partial charge in [-0.05, 0) is 59.1 Å². The molecule has 100 valence electrons. The molecule has 2 rings (SSSR count). The van der Waals surface area contributed by atoms with E-state index in [1.807, 2.05) is 0 Å². The Kier molecular flexibility index (Phi) is 1.67. The lowest BCUT2D eigenvalue weighted by Crippen LogP contribution is -2.34. The van der Waals surface area contributed by atoms with Crippen molar-refractivity contribution in [3.05, 3.63) is 26.6 Å². The second kappa shape index (κ2) is 6.37. The molecular formula is C13H18Br2N2O. The van der Waals surface area contributed by atoms with Gasteiger partial charge in [-0.2, -0.15) is 0 Å². The van der Waals surface area contributed by atoms with E-state index in [0.29, 0.717) is 0 Å². The normalized spacial score (nSPS) is 55.7. The standard InChI is InChI=1S/C13H18Br2N2O/c14-9-5-8(13(16)12(15)6-9)7-17-10-1-3-11(18)4-2-10/h5-6,10-11,17-18H,1-4,7,16H2/i1D2,2D2,3D2,4D2,5D,6D,7D2,10D,11D. The van der Waals surface area contributed by atoms with Crippen molar-refractivity contribution in [3.8, 4) is 0 Å². The molecule has 1 aromatic rings. The molecule has 0 amide bonds. The summed E-state index contributed by atoms with van der Waals surface area (Å²) >= 11 is 5.86. The number of nitrogens with one attached hydrogen (secondary N) is 1. The van der Waals surface area contributed by atoms with Gasteiger partial charge in [-0.25, -0.2) is 0 Å². The molecular weight excluding hydrogens is 360 g/mol. The van der Waals surface area contributed by atoms with Gasteiger partial charge < -0.3 is 16.2 Å². The third kappa shape index (κ3) is 3.70. The molecule has 0 saturated heterocycles. The summed E-state index contributed by atoms with van der Waals surface area (Å²) in [7, 11) is 0. The highest BCUT2D eigenvalue weighted by molar-refractivity contribution is 9.11. The molecule has 0 bridgehead atoms. The van der Waals surface area contributed by atoms with Gasteiger partial charge in [0.15, 0.2) is 0 Å². The van der Waals surface area contributed by atoms with Gasteiger partial charge in [-0.3, -0.25) is 0 Å². The van der Waals surface area contributed by atoms with Crippen LogP contribution >= 0.6 is 31.9 Å². The molecule has 1 aliphatic rings. The Balaban J connectivity index is 2.85. The Morgan fingerprint density at radius 1 is 1.50 bits per heavy atom. The maximum atomic E-state index is 10.2. The maximum absolute atomic E-state index is 10.2. The van der Waals surface area contributed by atoms with E-state index in [0.717, 1.165) is 0 Å². The van der Waals surface area contributed by atoms with Gasteiger partial charge in [0, 0.05) is 36.5 Å². The molecule has 1 aromatic carbocycles. The van der Waals surface area contributed by atoms with Crippen LogP contribution in [0.25, 0.3) is 0 Å². The SMILES string of the molecule is [2H]c1c(Br)c([2H])c(C([2H])([2H])NC2([2H])C([2H])([2H])C([2H])([2H])C([2H])(O)C([2H])([2H])C2([2H])[2H])c(N)c1Br. The summed E-state index contributed by atoms with van der Waals surface area (Å²) in [6, 6.07) is -4.85. The minimum Gasteiger partial charge on any atom is -0.398 e. The van der Waals surface area contributed by atoms with Gasteiger partial charge in [0.1, 0.15) is 0 Å². The number of anilines is 1. The van der Waals surface area contributed by atoms with Crippen LogP contribution in [-0.4, -0.2) is 17.2 Å². The zero-order valence-electron chi connectivity index (χ0n) is 22.8. The van der Waals surface area contributed by atoms with Gasteiger partial charge >= 0.3 is 0 Å². The van der Waals surface area contributed by atoms with E-state index in [2.05, 4.69) is 31.9 Å². The number of halogens is 2. The molecule has 3 nitrogen and oxygen atoms in total. The zero-order valence-corrected chi connectivity index (χ0v) is 12.0. The first-order valence-electron chi connectivity index (χ1n) is 11.6. The minimum atomic E-state index is -4.01. The number of hydrogen-bond donors (Lipinski definition) is 3. The number of benzene rings is 1. The van der Waals surface area contributed by atoms with Crippen LogP contribution in [-0.2, 0) is 6.50 Å². The summed E-state index contributed by atoms with van der Waals surface area (Å²) in [5, 5.41) is 11.8. The van der Waals surface area contributed by atoms with Crippen LogP contribution in [0, 0.1) is 0 Å². The quantitative estimate of drug-likeness (QED) is 0.693. The Labute approximate surface area is 144 Å². The molecule has 0 unspecified atom stereocenters. The van der Waals surface area contributed by atoms with Crippen molar-refractivity contribution in [1.82, 2.24) is 5.32 Å². The van der Waals surface area contributed by atoms with Gasteiger partial charge in [0.05, 0.1) is 15.9 Å². The lowest BCUT2D eigenvalue weighted by atomic mass is 9.93. The fraction of sp³-hybridized carbons (Fsp3) is 0.538. The average molecular weight is 392 g/mol. The first kappa shape index (κ1) is 4.72. The first-order chi connectivity index (χ1) is 13.9. The summed E-state index contributed by atoms with van der Waals surface area (Å²) in [5.74, 6) is 0. The molecule has 0 spiro atoms. The van der Waals surface area contributed by atoms with Crippen LogP contribution in [0.2, 0.25) is 0 Å². The number of rotatable bonds is 3. The Bertz CT molecular complexity index is 907. The molecule has 1 fully saturated rings. The van der Waals surface area contributed by atoms with E-state index in [-0.39, 0.29) is 15.0 Å². The van der Waals surface area contributed by atoms with E-state index >= 15 is 0 Å². The Hall–Kier alpha value is -0.100. The predicted molar refractivity (Wildman–Crippen MR) is 81.4 cm³/mol. The maximum Gasteiger partial charge on any atom is 0.0647 e. The molecule has 4 N–H and O–H groups in total. The fourth-order valence-corrected chi connectivity index (χ4v) is 2.13. The van der Waals surface area contributed by atoms with Crippen LogP contribution in [0.15, 0.2) is 21.0 Å². The third-order valence-electron chi connectivity index (χ3n) is 1.88. The van der Waals surface area contributed by atoms with Crippen molar-refractivity contribution in [2.75, 3.05) is 5.73 Å². The largest absolute Gasteiger partial charge is 0.398 e. The van der Waals surface area contributed by atoms with Gasteiger partial charge in [-0.15, -0.1) is 0 Å². The van der Waals surface area contributed by atoms with Crippen LogP contribution in [0.5, 0.6) is 0 Å². The lowest BCUT2D eigenvalue weighted by Gasteiger charge is -2.26. The van der Waals surface area contributed by atoms with Gasteiger partial charge in [-0.1, -0.05) is 15.9 Å². The van der Waals surface area contributed by atoms with Gasteiger partial charge in [0.25, 0.3) is 0 Å². The number of nitrogens with two attached hydrogens (primary N) is 1. The highest BCUT2D eigenvalue weighted by Crippen LogP contribution is 2.28. The molecule has 0 radical (unpaired) electrons. The van der Waals surface area contributed by atoms with Crippen molar-refractivity contribution >= 4 is 37.5 Å². The lowest BCUT2D eigenvalue weighted by molar-refractivity contribution is 0.116. The monoisotopic (exact) mass is 390 g/mol. The van der Waals surface area contributed by atoms with Crippen molar-refractivity contribution in [2.24, 2.45) is 0 Å². The van der Waals surface area contributed by atoms with Crippen LogP contribution in [0.4, 0.5) is 5.69 Å².